The highest BCUT2D eigenvalue weighted by molar-refractivity contribution is 5.87. The van der Waals surface area contributed by atoms with Gasteiger partial charge in [0.15, 0.2) is 5.60 Å². The van der Waals surface area contributed by atoms with Crippen LogP contribution in [0.3, 0.4) is 0 Å². The smallest absolute Gasteiger partial charge is 0.336 e. The lowest BCUT2D eigenvalue weighted by Crippen LogP contribution is -2.51. The van der Waals surface area contributed by atoms with Crippen molar-refractivity contribution >= 4 is 29.8 Å². The zero-order chi connectivity index (χ0) is 19.0. The van der Waals surface area contributed by atoms with Gasteiger partial charge >= 0.3 is 11.9 Å². The number of aliphatic hydroxyl groups is 3. The van der Waals surface area contributed by atoms with Crippen LogP contribution in [0.5, 0.6) is 0 Å². The van der Waals surface area contributed by atoms with E-state index in [1.165, 1.54) is 0 Å². The van der Waals surface area contributed by atoms with Crippen molar-refractivity contribution < 1.29 is 64.8 Å². The first kappa shape index (κ1) is 34.4. The predicted octanol–water partition coefficient (Wildman–Crippen LogP) is -6.25. The minimum absolute atomic E-state index is 0. The van der Waals surface area contributed by atoms with E-state index in [0.717, 1.165) is 0 Å². The molecule has 0 aliphatic heterocycles. The molecule has 3 atom stereocenters. The normalized spacial score (nSPS) is 13.3. The number of rotatable bonds is 8. The van der Waals surface area contributed by atoms with Crippen LogP contribution < -0.4 is 33.8 Å². The number of carboxylic acid groups (broad SMARTS) is 5. The molecule has 0 aliphatic carbocycles. The fraction of sp³-hybridized carbons (Fsp3) is 0.500. The predicted molar refractivity (Wildman–Crippen MR) is 74.4 cm³/mol. The molecule has 156 valence electrons. The number of hydrogen-bond acceptors (Lipinski definition) is 11. The van der Waals surface area contributed by atoms with Crippen molar-refractivity contribution in [2.24, 2.45) is 0 Å². The fourth-order valence-corrected chi connectivity index (χ4v) is 0.960. The molecule has 0 amide bonds. The molecule has 0 saturated heterocycles. The molecule has 0 aromatic heterocycles. The standard InChI is InChI=1S/C6H8O7.C4H6O6.3H3N/c7-3(8)1-6(13,5(11)12)2-4(9)10;5-1(3(7)8)2(6)4(9)10;;;/h13H,1-2H2,(H,7,8)(H,9,10)(H,11,12);1-2,5-6H,(H,7,8)(H,9,10);3*1H3. The lowest BCUT2D eigenvalue weighted by molar-refractivity contribution is -0.333. The lowest BCUT2D eigenvalue weighted by atomic mass is 9.96. The maximum Gasteiger partial charge on any atom is 0.336 e. The van der Waals surface area contributed by atoms with Crippen LogP contribution in [0.2, 0.25) is 0 Å². The van der Waals surface area contributed by atoms with E-state index in [1.54, 1.807) is 0 Å². The van der Waals surface area contributed by atoms with Crippen molar-refractivity contribution in [3.63, 3.8) is 0 Å². The van der Waals surface area contributed by atoms with Gasteiger partial charge in [0.25, 0.3) is 0 Å². The van der Waals surface area contributed by atoms with Gasteiger partial charge in [-0.05, 0) is 0 Å². The highest BCUT2D eigenvalue weighted by atomic mass is 16.4. The van der Waals surface area contributed by atoms with E-state index in [4.69, 9.17) is 25.5 Å². The molecule has 0 aliphatic rings. The number of quaternary nitrogens is 3. The Balaban J connectivity index is -0.000000104. The molecule has 16 heteroatoms. The van der Waals surface area contributed by atoms with Crippen LogP contribution in [0, 0.1) is 0 Å². The Hall–Kier alpha value is -2.89. The van der Waals surface area contributed by atoms with E-state index in [9.17, 15) is 39.3 Å². The van der Waals surface area contributed by atoms with E-state index in [0.29, 0.717) is 0 Å². The van der Waals surface area contributed by atoms with E-state index >= 15 is 0 Å². The molecule has 17 N–H and O–H groups in total. The molecule has 16 nitrogen and oxygen atoms in total. The van der Waals surface area contributed by atoms with Crippen LogP contribution in [0.25, 0.3) is 0 Å². The monoisotopic (exact) mass is 393 g/mol. The molecule has 26 heavy (non-hydrogen) atoms. The van der Waals surface area contributed by atoms with Crippen LogP contribution in [-0.2, 0) is 24.0 Å². The lowest BCUT2D eigenvalue weighted by Gasteiger charge is -2.21. The van der Waals surface area contributed by atoms with Gasteiger partial charge in [0, 0.05) is 12.4 Å². The Kier molecular flexibility index (Phi) is 19.1. The summed E-state index contributed by atoms with van der Waals surface area (Å²) in [6, 6.07) is 0. The van der Waals surface area contributed by atoms with Crippen LogP contribution in [-0.4, -0.2) is 73.2 Å². The summed E-state index contributed by atoms with van der Waals surface area (Å²) in [5, 5.41) is 71.2. The third-order valence-electron chi connectivity index (χ3n) is 2.06. The summed E-state index contributed by atoms with van der Waals surface area (Å²) in [7, 11) is 0. The largest absolute Gasteiger partial charge is 0.550 e. The van der Waals surface area contributed by atoms with E-state index < -0.39 is 60.5 Å². The number of carboxylic acids is 5. The van der Waals surface area contributed by atoms with Crippen LogP contribution in [0.15, 0.2) is 0 Å². The first-order chi connectivity index (χ1) is 10.2. The second kappa shape index (κ2) is 14.5. The molecule has 0 saturated carbocycles. The second-order valence-electron chi connectivity index (χ2n) is 3.98. The molecule has 0 fully saturated rings. The summed E-state index contributed by atoms with van der Waals surface area (Å²) < 4.78 is 0. The highest BCUT2D eigenvalue weighted by Crippen LogP contribution is 2.15. The Bertz CT molecular complexity index is 461. The zero-order valence-corrected chi connectivity index (χ0v) is 14.1. The molecular weight excluding hydrogens is 370 g/mol. The quantitative estimate of drug-likeness (QED) is 0.190. The van der Waals surface area contributed by atoms with Crippen molar-refractivity contribution in [2.75, 3.05) is 0 Å². The molecular formula is C10H23N3O13. The van der Waals surface area contributed by atoms with E-state index in [1.807, 2.05) is 0 Å². The average molecular weight is 393 g/mol. The molecule has 0 rings (SSSR count). The number of aliphatic carboxylic acids is 5. The molecule has 0 aromatic carbocycles. The van der Waals surface area contributed by atoms with Gasteiger partial charge in [-0.25, -0.2) is 4.79 Å². The third kappa shape index (κ3) is 13.5. The summed E-state index contributed by atoms with van der Waals surface area (Å²) in [5.74, 6) is -9.45. The van der Waals surface area contributed by atoms with Gasteiger partial charge < -0.3 is 73.7 Å². The summed E-state index contributed by atoms with van der Waals surface area (Å²) >= 11 is 0. The minimum atomic E-state index is -2.80. The van der Waals surface area contributed by atoms with Gasteiger partial charge in [-0.2, -0.15) is 0 Å². The number of carbonyl (C=O) groups excluding carboxylic acids is 3. The van der Waals surface area contributed by atoms with Gasteiger partial charge in [0.1, 0.15) is 12.2 Å². The van der Waals surface area contributed by atoms with E-state index in [-0.39, 0.29) is 18.5 Å². The summed E-state index contributed by atoms with van der Waals surface area (Å²) in [6.07, 6.45) is -7.32. The van der Waals surface area contributed by atoms with Gasteiger partial charge in [-0.15, -0.1) is 0 Å². The maximum atomic E-state index is 10.3. The minimum Gasteiger partial charge on any atom is -0.550 e. The van der Waals surface area contributed by atoms with E-state index in [2.05, 4.69) is 0 Å². The summed E-state index contributed by atoms with van der Waals surface area (Å²) in [4.78, 5) is 49.6. The summed E-state index contributed by atoms with van der Waals surface area (Å²) in [6.45, 7) is 0. The Morgan fingerprint density at radius 1 is 0.769 bits per heavy atom. The number of hydrogen-bond donors (Lipinski definition) is 8. The molecule has 0 bridgehead atoms. The Morgan fingerprint density at radius 3 is 1.23 bits per heavy atom. The number of carbonyl (C=O) groups is 5. The van der Waals surface area contributed by atoms with Crippen molar-refractivity contribution in [1.29, 1.82) is 0 Å². The first-order valence-corrected chi connectivity index (χ1v) is 5.40. The topological polar surface area (TPSA) is 365 Å². The molecule has 0 aromatic rings. The van der Waals surface area contributed by atoms with Gasteiger partial charge in [-0.3, -0.25) is 4.79 Å². The zero-order valence-electron chi connectivity index (χ0n) is 14.1. The Labute approximate surface area is 145 Å². The van der Waals surface area contributed by atoms with Crippen molar-refractivity contribution in [3.8, 4) is 0 Å². The molecule has 3 unspecified atom stereocenters. The Morgan fingerprint density at radius 2 is 1.08 bits per heavy atom. The van der Waals surface area contributed by atoms with Crippen molar-refractivity contribution in [1.82, 2.24) is 18.5 Å². The average Bonchev–Trinajstić information content (AvgIpc) is 2.35. The van der Waals surface area contributed by atoms with Crippen LogP contribution in [0.4, 0.5) is 0 Å². The SMILES string of the molecule is O=C([O-])C(O)C(O)C(=O)[O-].O=C([O-])CC(O)(CC(=O)O)C(=O)O.[NH4+].[NH4+].[NH4+]. The molecule has 0 spiro atoms. The first-order valence-electron chi connectivity index (χ1n) is 5.40. The van der Waals surface area contributed by atoms with Gasteiger partial charge in [0.2, 0.25) is 0 Å². The highest BCUT2D eigenvalue weighted by Gasteiger charge is 2.38. The third-order valence-corrected chi connectivity index (χ3v) is 2.06. The second-order valence-corrected chi connectivity index (χ2v) is 3.98. The van der Waals surface area contributed by atoms with Crippen molar-refractivity contribution in [3.05, 3.63) is 0 Å². The van der Waals surface area contributed by atoms with Gasteiger partial charge in [-0.1, -0.05) is 0 Å². The van der Waals surface area contributed by atoms with Crippen molar-refractivity contribution in [2.45, 2.75) is 30.7 Å². The number of aliphatic hydroxyl groups excluding tert-OH is 2. The van der Waals surface area contributed by atoms with Crippen LogP contribution in [0.1, 0.15) is 12.8 Å². The fourth-order valence-electron chi connectivity index (χ4n) is 0.960. The molecule has 0 radical (unpaired) electrons. The van der Waals surface area contributed by atoms with Crippen LogP contribution >= 0.6 is 0 Å². The summed E-state index contributed by atoms with van der Waals surface area (Å²) in [5.41, 5.74) is -2.80. The van der Waals surface area contributed by atoms with Gasteiger partial charge in [0.05, 0.1) is 18.4 Å². The molecule has 0 heterocycles. The maximum absolute atomic E-state index is 10.3.